The van der Waals surface area contributed by atoms with E-state index in [1.165, 1.54) is 18.2 Å². The van der Waals surface area contributed by atoms with Crippen molar-refractivity contribution in [2.45, 2.75) is 31.2 Å². The summed E-state index contributed by atoms with van der Waals surface area (Å²) in [6.45, 7) is -1.53. The van der Waals surface area contributed by atoms with E-state index < -0.39 is 77.6 Å². The first-order valence-corrected chi connectivity index (χ1v) is 14.1. The van der Waals surface area contributed by atoms with Crippen LogP contribution in [0.15, 0.2) is 60.2 Å². The summed E-state index contributed by atoms with van der Waals surface area (Å²) in [5, 5.41) is 5.04. The number of fused-ring (bicyclic) bond motifs is 2. The predicted octanol–water partition coefficient (Wildman–Crippen LogP) is 7.55. The first-order chi connectivity index (χ1) is 22.1. The lowest BCUT2D eigenvalue weighted by atomic mass is 9.83. The number of carbonyl (C=O) groups excluding carboxylic acids is 2. The molecule has 0 saturated heterocycles. The standard InChI is InChI=1S/C32H25F9N2O4/c1-46-26-13-25(35)24(34)12-21(26)29(44)43-28-19-7-6-18(20(19)10-15-3-2-4-17(9-15)47-14-31(36,37)38)27(28)30(45)42-16-5-8-23(33)22(11-16)32(39,40)41/h2-5,8-13,18-19,27-28H,6-7,14H2,1H3,(H,42,45)(H,43,44)/b20-10-/t18?,19?,27-,28+/m0/s1. The summed E-state index contributed by atoms with van der Waals surface area (Å²) in [6.07, 6.45) is -7.17. The first kappa shape index (κ1) is 33.7. The minimum Gasteiger partial charge on any atom is -0.496 e. The van der Waals surface area contributed by atoms with Gasteiger partial charge in [0.1, 0.15) is 17.3 Å². The zero-order valence-electron chi connectivity index (χ0n) is 24.2. The predicted molar refractivity (Wildman–Crippen MR) is 150 cm³/mol. The number of carbonyl (C=O) groups is 2. The Balaban J connectivity index is 1.49. The molecule has 4 atom stereocenters. The number of methoxy groups -OCH3 is 1. The zero-order chi connectivity index (χ0) is 34.3. The molecule has 0 heterocycles. The van der Waals surface area contributed by atoms with Crippen LogP contribution in [0.5, 0.6) is 11.5 Å². The maximum atomic E-state index is 14.1. The molecular weight excluding hydrogens is 647 g/mol. The van der Waals surface area contributed by atoms with Gasteiger partial charge in [-0.25, -0.2) is 13.2 Å². The molecule has 2 amide bonds. The number of halogens is 9. The number of hydrogen-bond acceptors (Lipinski definition) is 4. The number of benzene rings is 3. The number of nitrogens with one attached hydrogen (secondary N) is 2. The highest BCUT2D eigenvalue weighted by atomic mass is 19.4. The fourth-order valence-corrected chi connectivity index (χ4v) is 6.19. The van der Waals surface area contributed by atoms with Crippen molar-refractivity contribution >= 4 is 23.6 Å². The van der Waals surface area contributed by atoms with Gasteiger partial charge in [-0.15, -0.1) is 0 Å². The zero-order valence-corrected chi connectivity index (χ0v) is 24.2. The van der Waals surface area contributed by atoms with Crippen molar-refractivity contribution in [3.05, 3.63) is 94.3 Å². The highest BCUT2D eigenvalue weighted by Crippen LogP contribution is 2.54. The van der Waals surface area contributed by atoms with Crippen LogP contribution in [0, 0.1) is 35.2 Å². The molecule has 6 nitrogen and oxygen atoms in total. The third-order valence-corrected chi connectivity index (χ3v) is 8.12. The molecule has 0 spiro atoms. The molecule has 2 aliphatic rings. The van der Waals surface area contributed by atoms with E-state index in [0.717, 1.165) is 13.2 Å². The number of hydrogen-bond donors (Lipinski definition) is 2. The molecule has 2 unspecified atom stereocenters. The number of amides is 2. The van der Waals surface area contributed by atoms with Crippen LogP contribution in [0.4, 0.5) is 45.2 Å². The molecular formula is C32H25F9N2O4. The van der Waals surface area contributed by atoms with Crippen LogP contribution in [-0.2, 0) is 11.0 Å². The second-order valence-corrected chi connectivity index (χ2v) is 11.1. The van der Waals surface area contributed by atoms with E-state index in [1.54, 1.807) is 12.1 Å². The van der Waals surface area contributed by atoms with Crippen molar-refractivity contribution < 1.29 is 58.6 Å². The Morgan fingerprint density at radius 1 is 0.894 bits per heavy atom. The van der Waals surface area contributed by atoms with E-state index in [4.69, 9.17) is 9.47 Å². The van der Waals surface area contributed by atoms with Crippen LogP contribution in [0.1, 0.15) is 34.3 Å². The maximum absolute atomic E-state index is 14.1. The summed E-state index contributed by atoms with van der Waals surface area (Å²) in [4.78, 5) is 27.1. The number of alkyl halides is 6. The Hall–Kier alpha value is -4.69. The van der Waals surface area contributed by atoms with E-state index in [2.05, 4.69) is 10.6 Å². The van der Waals surface area contributed by atoms with E-state index in [-0.39, 0.29) is 22.7 Å². The van der Waals surface area contributed by atoms with E-state index in [1.807, 2.05) is 0 Å². The largest absolute Gasteiger partial charge is 0.496 e. The van der Waals surface area contributed by atoms with Crippen LogP contribution in [0.2, 0.25) is 0 Å². The fourth-order valence-electron chi connectivity index (χ4n) is 6.19. The lowest BCUT2D eigenvalue weighted by Crippen LogP contribution is -2.48. The van der Waals surface area contributed by atoms with E-state index in [9.17, 15) is 49.1 Å². The SMILES string of the molecule is COc1cc(F)c(F)cc1C(=O)N[C@@H]1C2CCC(/C2=C/c2cccc(OCC(F)(F)F)c2)[C@@H]1C(=O)Nc1ccc(F)c(C(F)(F)F)c1. The van der Waals surface area contributed by atoms with Crippen molar-refractivity contribution in [2.24, 2.45) is 17.8 Å². The maximum Gasteiger partial charge on any atom is 0.422 e. The van der Waals surface area contributed by atoms with Crippen molar-refractivity contribution in [1.29, 1.82) is 0 Å². The van der Waals surface area contributed by atoms with Crippen molar-refractivity contribution in [2.75, 3.05) is 19.0 Å². The first-order valence-electron chi connectivity index (χ1n) is 14.1. The van der Waals surface area contributed by atoms with E-state index in [0.29, 0.717) is 48.2 Å². The lowest BCUT2D eigenvalue weighted by Gasteiger charge is -2.30. The molecule has 250 valence electrons. The highest BCUT2D eigenvalue weighted by Gasteiger charge is 2.54. The van der Waals surface area contributed by atoms with E-state index >= 15 is 0 Å². The molecule has 3 aromatic carbocycles. The van der Waals surface area contributed by atoms with Crippen LogP contribution >= 0.6 is 0 Å². The molecule has 2 aliphatic carbocycles. The molecule has 47 heavy (non-hydrogen) atoms. The van der Waals surface area contributed by atoms with Crippen LogP contribution < -0.4 is 20.1 Å². The molecule has 0 radical (unpaired) electrons. The van der Waals surface area contributed by atoms with Gasteiger partial charge in [0.25, 0.3) is 5.91 Å². The summed E-state index contributed by atoms with van der Waals surface area (Å²) in [5.74, 6) is -8.55. The Morgan fingerprint density at radius 2 is 1.60 bits per heavy atom. The monoisotopic (exact) mass is 672 g/mol. The number of ether oxygens (including phenoxy) is 2. The summed E-state index contributed by atoms with van der Waals surface area (Å²) >= 11 is 0. The lowest BCUT2D eigenvalue weighted by molar-refractivity contribution is -0.153. The third kappa shape index (κ3) is 7.33. The third-order valence-electron chi connectivity index (χ3n) is 8.12. The fraction of sp³-hybridized carbons (Fsp3) is 0.312. The van der Waals surface area contributed by atoms with Gasteiger partial charge in [0, 0.05) is 23.7 Å². The Kier molecular flexibility index (Phi) is 9.20. The Labute approximate surface area is 261 Å². The average molecular weight is 673 g/mol. The van der Waals surface area contributed by atoms with Gasteiger partial charge in [0.15, 0.2) is 18.2 Å². The van der Waals surface area contributed by atoms with Gasteiger partial charge in [-0.05, 0) is 60.7 Å². The highest BCUT2D eigenvalue weighted by molar-refractivity contribution is 5.99. The van der Waals surface area contributed by atoms with Gasteiger partial charge in [-0.2, -0.15) is 26.3 Å². The summed E-state index contributed by atoms with van der Waals surface area (Å²) in [5.41, 5.74) is -1.32. The normalized spacial score (nSPS) is 21.5. The van der Waals surface area contributed by atoms with Gasteiger partial charge in [-0.3, -0.25) is 9.59 Å². The van der Waals surface area contributed by atoms with Crippen molar-refractivity contribution in [1.82, 2.24) is 5.32 Å². The topological polar surface area (TPSA) is 76.7 Å². The summed E-state index contributed by atoms with van der Waals surface area (Å²) in [7, 11) is 1.13. The molecule has 3 aromatic rings. The van der Waals surface area contributed by atoms with Crippen LogP contribution in [0.25, 0.3) is 6.08 Å². The Morgan fingerprint density at radius 3 is 2.28 bits per heavy atom. The molecule has 15 heteroatoms. The quantitative estimate of drug-likeness (QED) is 0.243. The van der Waals surface area contributed by atoms with Crippen molar-refractivity contribution in [3.8, 4) is 11.5 Å². The Bertz CT molecular complexity index is 1720. The molecule has 2 fully saturated rings. The van der Waals surface area contributed by atoms with Gasteiger partial charge >= 0.3 is 12.4 Å². The second-order valence-electron chi connectivity index (χ2n) is 11.1. The van der Waals surface area contributed by atoms with Gasteiger partial charge in [-0.1, -0.05) is 23.8 Å². The van der Waals surface area contributed by atoms with Crippen LogP contribution in [0.3, 0.4) is 0 Å². The summed E-state index contributed by atoms with van der Waals surface area (Å²) < 4.78 is 130. The molecule has 2 saturated carbocycles. The van der Waals surface area contributed by atoms with Crippen LogP contribution in [-0.4, -0.2) is 37.7 Å². The van der Waals surface area contributed by atoms with Gasteiger partial charge in [0.2, 0.25) is 5.91 Å². The number of anilines is 1. The smallest absolute Gasteiger partial charge is 0.422 e. The van der Waals surface area contributed by atoms with Gasteiger partial charge < -0.3 is 20.1 Å². The molecule has 0 aliphatic heterocycles. The molecule has 2 bridgehead atoms. The number of rotatable bonds is 8. The van der Waals surface area contributed by atoms with Gasteiger partial charge in [0.05, 0.1) is 24.2 Å². The minimum absolute atomic E-state index is 0.0802. The molecule has 2 N–H and O–H groups in total. The molecule has 5 rings (SSSR count). The second kappa shape index (κ2) is 12.8. The minimum atomic E-state index is -5.05. The average Bonchev–Trinajstić information content (AvgIpc) is 3.51. The molecule has 0 aromatic heterocycles. The van der Waals surface area contributed by atoms with Crippen molar-refractivity contribution in [3.63, 3.8) is 0 Å². The summed E-state index contributed by atoms with van der Waals surface area (Å²) in [6, 6.07) is 7.91.